The van der Waals surface area contributed by atoms with Crippen molar-refractivity contribution in [2.45, 2.75) is 13.1 Å². The van der Waals surface area contributed by atoms with E-state index in [1.807, 2.05) is 0 Å². The van der Waals surface area contributed by atoms with Crippen LogP contribution in [0.3, 0.4) is 0 Å². The number of nitrogen functional groups attached to an aromatic ring is 2. The van der Waals surface area contributed by atoms with Crippen molar-refractivity contribution in [3.05, 3.63) is 11.3 Å². The second kappa shape index (κ2) is 4.02. The van der Waals surface area contributed by atoms with Gasteiger partial charge in [-0.3, -0.25) is 9.86 Å². The van der Waals surface area contributed by atoms with Crippen molar-refractivity contribution >= 4 is 29.9 Å². The average Bonchev–Trinajstić information content (AvgIpc) is 2.62. The van der Waals surface area contributed by atoms with Crippen molar-refractivity contribution in [2.75, 3.05) is 11.5 Å². The van der Waals surface area contributed by atoms with Crippen molar-refractivity contribution < 1.29 is 4.79 Å². The molecule has 0 spiro atoms. The Morgan fingerprint density at radius 2 is 2.12 bits per heavy atom. The van der Waals surface area contributed by atoms with Crippen LogP contribution in [0.5, 0.6) is 0 Å². The van der Waals surface area contributed by atoms with Gasteiger partial charge in [0.1, 0.15) is 5.82 Å². The Labute approximate surface area is 95.8 Å². The molecule has 0 unspecified atom stereocenters. The number of urea groups is 1. The summed E-state index contributed by atoms with van der Waals surface area (Å²) in [5, 5.41) is 5.14. The van der Waals surface area contributed by atoms with Crippen molar-refractivity contribution in [2.24, 2.45) is 5.14 Å². The fraction of sp³-hybridized carbons (Fsp3) is 0.286. The van der Waals surface area contributed by atoms with Crippen molar-refractivity contribution in [3.63, 3.8) is 0 Å². The Morgan fingerprint density at radius 1 is 1.38 bits per heavy atom. The Kier molecular flexibility index (Phi) is 2.71. The van der Waals surface area contributed by atoms with Crippen molar-refractivity contribution in [1.82, 2.24) is 19.6 Å². The van der Waals surface area contributed by atoms with E-state index in [4.69, 9.17) is 16.6 Å². The molecule has 2 rings (SSSR count). The van der Waals surface area contributed by atoms with E-state index in [-0.39, 0.29) is 12.0 Å². The lowest BCUT2D eigenvalue weighted by Gasteiger charge is -2.13. The summed E-state index contributed by atoms with van der Waals surface area (Å²) < 4.78 is 2.42. The molecule has 0 aromatic carbocycles. The third-order valence-corrected chi connectivity index (χ3v) is 2.56. The van der Waals surface area contributed by atoms with Crippen LogP contribution in [0.25, 0.3) is 0 Å². The van der Waals surface area contributed by atoms with Gasteiger partial charge in [0.15, 0.2) is 0 Å². The maximum Gasteiger partial charge on any atom is 0.329 e. The van der Waals surface area contributed by atoms with Crippen LogP contribution in [0.2, 0.25) is 0 Å². The molecular weight excluding hydrogens is 230 g/mol. The van der Waals surface area contributed by atoms with Crippen LogP contribution in [-0.4, -0.2) is 20.9 Å². The number of nitrogens with zero attached hydrogens (tertiary/aromatic N) is 3. The van der Waals surface area contributed by atoms with E-state index in [0.717, 1.165) is 17.7 Å². The Balaban J connectivity index is 2.21. The highest BCUT2D eigenvalue weighted by Gasteiger charge is 2.27. The van der Waals surface area contributed by atoms with E-state index < -0.39 is 0 Å². The number of hydrogen-bond acceptors (Lipinski definition) is 7. The highest BCUT2D eigenvalue weighted by molar-refractivity contribution is 7.95. The van der Waals surface area contributed by atoms with E-state index in [9.17, 15) is 4.79 Å². The smallest absolute Gasteiger partial charge is 0.329 e. The van der Waals surface area contributed by atoms with E-state index in [0.29, 0.717) is 24.6 Å². The molecule has 86 valence electrons. The number of hydrogen-bond donors (Lipinski definition) is 4. The first-order valence-corrected chi connectivity index (χ1v) is 5.31. The maximum absolute atomic E-state index is 11.5. The summed E-state index contributed by atoms with van der Waals surface area (Å²) in [4.78, 5) is 20.9. The Hall–Kier alpha value is -1.74. The SMILES string of the molecule is NSNC(=O)N1Cc2nc(N)nc(N)c2C1. The van der Waals surface area contributed by atoms with Crippen LogP contribution in [0.15, 0.2) is 0 Å². The molecule has 0 fully saturated rings. The molecule has 1 aromatic rings. The lowest BCUT2D eigenvalue weighted by molar-refractivity contribution is 0.205. The summed E-state index contributed by atoms with van der Waals surface area (Å²) in [6, 6.07) is -0.288. The van der Waals surface area contributed by atoms with Gasteiger partial charge in [0.2, 0.25) is 5.95 Å². The van der Waals surface area contributed by atoms with Crippen LogP contribution < -0.4 is 21.3 Å². The third kappa shape index (κ3) is 1.82. The van der Waals surface area contributed by atoms with E-state index >= 15 is 0 Å². The molecule has 8 nitrogen and oxygen atoms in total. The first-order valence-electron chi connectivity index (χ1n) is 4.43. The van der Waals surface area contributed by atoms with Gasteiger partial charge in [0, 0.05) is 17.7 Å². The van der Waals surface area contributed by atoms with Crippen LogP contribution in [-0.2, 0) is 13.1 Å². The van der Waals surface area contributed by atoms with Crippen LogP contribution in [0, 0.1) is 0 Å². The van der Waals surface area contributed by atoms with E-state index in [2.05, 4.69) is 14.7 Å². The molecule has 1 aliphatic heterocycles. The summed E-state index contributed by atoms with van der Waals surface area (Å²) in [5.41, 5.74) is 12.6. The number of carbonyl (C=O) groups is 1. The molecular formula is C7H11N7OS. The Morgan fingerprint density at radius 3 is 2.81 bits per heavy atom. The van der Waals surface area contributed by atoms with Crippen LogP contribution in [0.4, 0.5) is 16.6 Å². The molecule has 2 amide bonds. The zero-order valence-electron chi connectivity index (χ0n) is 8.30. The van der Waals surface area contributed by atoms with Crippen LogP contribution >= 0.6 is 12.1 Å². The fourth-order valence-electron chi connectivity index (χ4n) is 1.56. The number of nitrogens with one attached hydrogen (secondary N) is 1. The largest absolute Gasteiger partial charge is 0.383 e. The lowest BCUT2D eigenvalue weighted by atomic mass is 10.2. The van der Waals surface area contributed by atoms with Gasteiger partial charge in [-0.25, -0.2) is 9.78 Å². The molecule has 0 aliphatic carbocycles. The quantitative estimate of drug-likeness (QED) is 0.472. The van der Waals surface area contributed by atoms with Gasteiger partial charge in [0.25, 0.3) is 0 Å². The monoisotopic (exact) mass is 241 g/mol. The topological polar surface area (TPSA) is 136 Å². The molecule has 0 bridgehead atoms. The van der Waals surface area contributed by atoms with Gasteiger partial charge in [0.05, 0.1) is 18.8 Å². The average molecular weight is 241 g/mol. The van der Waals surface area contributed by atoms with Crippen molar-refractivity contribution in [1.29, 1.82) is 0 Å². The minimum absolute atomic E-state index is 0.117. The van der Waals surface area contributed by atoms with E-state index in [1.165, 1.54) is 4.90 Å². The standard InChI is InChI=1S/C7H11N7OS/c8-5-3-1-14(7(15)13-16-10)2-4(3)11-6(9)12-5/h1-2,10H2,(H,13,15)(H4,8,9,11,12). The van der Waals surface area contributed by atoms with Gasteiger partial charge in [-0.15, -0.1) is 0 Å². The predicted octanol–water partition coefficient (Wildman–Crippen LogP) is -0.812. The first-order chi connectivity index (χ1) is 7.61. The number of aromatic nitrogens is 2. The summed E-state index contributed by atoms with van der Waals surface area (Å²) in [5.74, 6) is 0.435. The summed E-state index contributed by atoms with van der Waals surface area (Å²) in [6.45, 7) is 0.729. The minimum Gasteiger partial charge on any atom is -0.383 e. The zero-order chi connectivity index (χ0) is 11.7. The summed E-state index contributed by atoms with van der Waals surface area (Å²) >= 11 is 0.749. The van der Waals surface area contributed by atoms with Gasteiger partial charge in [-0.1, -0.05) is 0 Å². The van der Waals surface area contributed by atoms with Crippen LogP contribution in [0.1, 0.15) is 11.3 Å². The molecule has 1 aromatic heterocycles. The molecule has 0 saturated heterocycles. The third-order valence-electron chi connectivity index (χ3n) is 2.27. The fourth-order valence-corrected chi connectivity index (χ4v) is 1.79. The van der Waals surface area contributed by atoms with Gasteiger partial charge in [-0.05, 0) is 0 Å². The number of rotatable bonds is 1. The zero-order valence-corrected chi connectivity index (χ0v) is 9.12. The van der Waals surface area contributed by atoms with Gasteiger partial charge < -0.3 is 16.4 Å². The Bertz CT molecular complexity index is 437. The molecule has 16 heavy (non-hydrogen) atoms. The number of anilines is 2. The number of nitrogens with two attached hydrogens (primary N) is 3. The molecule has 0 atom stereocenters. The molecule has 1 aliphatic rings. The number of fused-ring (bicyclic) bond motifs is 1. The summed E-state index contributed by atoms with van der Waals surface area (Å²) in [6.07, 6.45) is 0. The minimum atomic E-state index is -0.288. The molecule has 0 radical (unpaired) electrons. The lowest BCUT2D eigenvalue weighted by Crippen LogP contribution is -2.33. The maximum atomic E-state index is 11.5. The second-order valence-electron chi connectivity index (χ2n) is 3.27. The molecule has 2 heterocycles. The highest BCUT2D eigenvalue weighted by atomic mass is 32.2. The number of carbonyl (C=O) groups excluding carboxylic acids is 1. The van der Waals surface area contributed by atoms with E-state index in [1.54, 1.807) is 0 Å². The van der Waals surface area contributed by atoms with Gasteiger partial charge in [-0.2, -0.15) is 4.98 Å². The van der Waals surface area contributed by atoms with Gasteiger partial charge >= 0.3 is 6.03 Å². The summed E-state index contributed by atoms with van der Waals surface area (Å²) in [7, 11) is 0. The first kappa shape index (κ1) is 10.8. The second-order valence-corrected chi connectivity index (χ2v) is 3.71. The molecule has 7 N–H and O–H groups in total. The molecule has 0 saturated carbocycles. The highest BCUT2D eigenvalue weighted by Crippen LogP contribution is 2.25. The van der Waals surface area contributed by atoms with Crippen molar-refractivity contribution in [3.8, 4) is 0 Å². The predicted molar refractivity (Wildman–Crippen MR) is 60.4 cm³/mol. The molecule has 9 heteroatoms. The normalized spacial score (nSPS) is 13.7. The number of amides is 2.